The monoisotopic (exact) mass is 177 g/mol. The fourth-order valence-electron chi connectivity index (χ4n) is 0.505. The fourth-order valence-corrected chi connectivity index (χ4v) is 1.76. The molecular weight excluding hydrogens is 162 g/mol. The molecule has 0 aromatic rings. The van der Waals surface area contributed by atoms with Gasteiger partial charge in [0.05, 0.1) is 0 Å². The first-order chi connectivity index (χ1) is 4.81. The molecule has 0 saturated carbocycles. The van der Waals surface area contributed by atoms with Crippen LogP contribution in [0.15, 0.2) is 0 Å². The van der Waals surface area contributed by atoms with E-state index in [1.54, 1.807) is 11.8 Å². The molecule has 10 heavy (non-hydrogen) atoms. The van der Waals surface area contributed by atoms with Gasteiger partial charge in [0.2, 0.25) is 0 Å². The van der Waals surface area contributed by atoms with Gasteiger partial charge in [0.1, 0.15) is 4.32 Å². The summed E-state index contributed by atoms with van der Waals surface area (Å²) >= 11 is 6.76. The van der Waals surface area contributed by atoms with Gasteiger partial charge >= 0.3 is 0 Å². The summed E-state index contributed by atoms with van der Waals surface area (Å²) in [4.78, 5) is 0. The summed E-state index contributed by atoms with van der Waals surface area (Å²) in [5.74, 6) is 1.16. The largest absolute Gasteiger partial charge is 0.371 e. The van der Waals surface area contributed by atoms with Crippen molar-refractivity contribution in [3.05, 3.63) is 0 Å². The number of thiocarbonyl (C=S) groups is 1. The van der Waals surface area contributed by atoms with Crippen LogP contribution in [0.2, 0.25) is 0 Å². The molecule has 1 N–H and O–H groups in total. The van der Waals surface area contributed by atoms with Crippen molar-refractivity contribution < 1.29 is 0 Å². The van der Waals surface area contributed by atoms with E-state index in [-0.39, 0.29) is 0 Å². The molecule has 0 aliphatic rings. The molecule has 60 valence electrons. The Hall–Kier alpha value is 0.240. The lowest BCUT2D eigenvalue weighted by atomic mass is 10.4. The SMILES string of the molecule is CCCCSC(=S)NCC. The molecule has 0 aromatic carbocycles. The van der Waals surface area contributed by atoms with Crippen molar-refractivity contribution in [1.29, 1.82) is 0 Å². The summed E-state index contributed by atoms with van der Waals surface area (Å²) in [5.41, 5.74) is 0. The Balaban J connectivity index is 3.05. The first-order valence-electron chi connectivity index (χ1n) is 3.71. The van der Waals surface area contributed by atoms with Gasteiger partial charge in [0.15, 0.2) is 0 Å². The number of rotatable bonds is 4. The van der Waals surface area contributed by atoms with Crippen LogP contribution in [0.25, 0.3) is 0 Å². The molecule has 0 heterocycles. The van der Waals surface area contributed by atoms with Crippen LogP contribution in [0, 0.1) is 0 Å². The molecule has 0 bridgehead atoms. The summed E-state index contributed by atoms with van der Waals surface area (Å²) in [5, 5.41) is 3.10. The van der Waals surface area contributed by atoms with E-state index in [4.69, 9.17) is 12.2 Å². The highest BCUT2D eigenvalue weighted by atomic mass is 32.2. The van der Waals surface area contributed by atoms with E-state index < -0.39 is 0 Å². The zero-order valence-corrected chi connectivity index (χ0v) is 8.28. The van der Waals surface area contributed by atoms with Crippen molar-refractivity contribution in [3.8, 4) is 0 Å². The second-order valence-electron chi connectivity index (χ2n) is 2.02. The molecule has 0 fully saturated rings. The van der Waals surface area contributed by atoms with Crippen molar-refractivity contribution in [1.82, 2.24) is 5.32 Å². The maximum absolute atomic E-state index is 5.02. The minimum Gasteiger partial charge on any atom is -0.371 e. The molecule has 0 saturated heterocycles. The van der Waals surface area contributed by atoms with Crippen molar-refractivity contribution in [3.63, 3.8) is 0 Å². The first kappa shape index (κ1) is 10.2. The van der Waals surface area contributed by atoms with Crippen molar-refractivity contribution in [2.75, 3.05) is 12.3 Å². The lowest BCUT2D eigenvalue weighted by molar-refractivity contribution is 0.897. The Morgan fingerprint density at radius 3 is 2.70 bits per heavy atom. The van der Waals surface area contributed by atoms with Gasteiger partial charge in [-0.15, -0.1) is 0 Å². The summed E-state index contributed by atoms with van der Waals surface area (Å²) < 4.78 is 0.941. The molecule has 0 unspecified atom stereocenters. The van der Waals surface area contributed by atoms with Crippen LogP contribution in [0.3, 0.4) is 0 Å². The van der Waals surface area contributed by atoms with Gasteiger partial charge in [-0.2, -0.15) is 0 Å². The van der Waals surface area contributed by atoms with Gasteiger partial charge in [-0.3, -0.25) is 0 Å². The maximum atomic E-state index is 5.02. The summed E-state index contributed by atoms with van der Waals surface area (Å²) in [6.45, 7) is 5.20. The van der Waals surface area contributed by atoms with Crippen molar-refractivity contribution in [2.45, 2.75) is 26.7 Å². The molecule has 0 spiro atoms. The molecule has 0 radical (unpaired) electrons. The molecule has 3 heteroatoms. The topological polar surface area (TPSA) is 12.0 Å². The van der Waals surface area contributed by atoms with Gasteiger partial charge in [-0.25, -0.2) is 0 Å². The predicted molar refractivity (Wildman–Crippen MR) is 53.6 cm³/mol. The van der Waals surface area contributed by atoms with Gasteiger partial charge in [-0.05, 0) is 13.3 Å². The van der Waals surface area contributed by atoms with Crippen LogP contribution in [0.4, 0.5) is 0 Å². The highest BCUT2D eigenvalue weighted by Gasteiger charge is 1.92. The van der Waals surface area contributed by atoms with Crippen molar-refractivity contribution in [2.24, 2.45) is 0 Å². The third-order valence-corrected chi connectivity index (χ3v) is 2.45. The lowest BCUT2D eigenvalue weighted by Crippen LogP contribution is -2.17. The number of thioether (sulfide) groups is 1. The highest BCUT2D eigenvalue weighted by molar-refractivity contribution is 8.22. The Bertz CT molecular complexity index is 93.6. The zero-order valence-electron chi connectivity index (χ0n) is 6.64. The fraction of sp³-hybridized carbons (Fsp3) is 0.857. The average Bonchev–Trinajstić information content (AvgIpc) is 1.89. The number of hydrogen-bond acceptors (Lipinski definition) is 2. The maximum Gasteiger partial charge on any atom is 0.133 e. The van der Waals surface area contributed by atoms with Crippen molar-refractivity contribution >= 4 is 28.3 Å². The molecule has 0 aliphatic carbocycles. The van der Waals surface area contributed by atoms with Crippen LogP contribution in [0.1, 0.15) is 26.7 Å². The van der Waals surface area contributed by atoms with E-state index in [0.717, 1.165) is 16.6 Å². The van der Waals surface area contributed by atoms with E-state index in [1.807, 2.05) is 0 Å². The summed E-state index contributed by atoms with van der Waals surface area (Å²) in [6, 6.07) is 0. The van der Waals surface area contributed by atoms with Gasteiger partial charge in [-0.1, -0.05) is 37.3 Å². The Morgan fingerprint density at radius 2 is 2.20 bits per heavy atom. The minimum atomic E-state index is 0.941. The molecule has 0 atom stereocenters. The molecular formula is C7H15NS2. The molecule has 0 aliphatic heterocycles. The van der Waals surface area contributed by atoms with Crippen LogP contribution >= 0.6 is 24.0 Å². The van der Waals surface area contributed by atoms with Crippen LogP contribution < -0.4 is 5.32 Å². The summed E-state index contributed by atoms with van der Waals surface area (Å²) in [7, 11) is 0. The van der Waals surface area contributed by atoms with E-state index in [9.17, 15) is 0 Å². The quantitative estimate of drug-likeness (QED) is 0.523. The second kappa shape index (κ2) is 7.35. The molecule has 1 nitrogen and oxygen atoms in total. The van der Waals surface area contributed by atoms with Crippen LogP contribution in [0.5, 0.6) is 0 Å². The first-order valence-corrected chi connectivity index (χ1v) is 5.11. The van der Waals surface area contributed by atoms with Gasteiger partial charge < -0.3 is 5.32 Å². The van der Waals surface area contributed by atoms with E-state index in [2.05, 4.69) is 19.2 Å². The Labute approximate surface area is 73.0 Å². The molecule has 0 amide bonds. The minimum absolute atomic E-state index is 0.941. The summed E-state index contributed by atoms with van der Waals surface area (Å²) in [6.07, 6.45) is 2.51. The number of unbranched alkanes of at least 4 members (excludes halogenated alkanes) is 1. The zero-order chi connectivity index (χ0) is 7.82. The number of hydrogen-bond donors (Lipinski definition) is 1. The smallest absolute Gasteiger partial charge is 0.133 e. The average molecular weight is 177 g/mol. The molecule has 0 rings (SSSR count). The van der Waals surface area contributed by atoms with E-state index in [1.165, 1.54) is 12.8 Å². The Morgan fingerprint density at radius 1 is 1.50 bits per heavy atom. The third-order valence-electron chi connectivity index (χ3n) is 1.05. The van der Waals surface area contributed by atoms with Crippen LogP contribution in [-0.2, 0) is 0 Å². The second-order valence-corrected chi connectivity index (χ2v) is 3.79. The molecule has 0 aromatic heterocycles. The standard InChI is InChI=1S/C7H15NS2/c1-3-5-6-10-7(9)8-4-2/h3-6H2,1-2H3,(H,8,9). The van der Waals surface area contributed by atoms with E-state index >= 15 is 0 Å². The number of nitrogens with one attached hydrogen (secondary N) is 1. The highest BCUT2D eigenvalue weighted by Crippen LogP contribution is 2.04. The van der Waals surface area contributed by atoms with Gasteiger partial charge in [0.25, 0.3) is 0 Å². The van der Waals surface area contributed by atoms with Crippen LogP contribution in [-0.4, -0.2) is 16.6 Å². The normalized spacial score (nSPS) is 9.40. The third kappa shape index (κ3) is 6.36. The predicted octanol–water partition coefficient (Wildman–Crippen LogP) is 2.41. The Kier molecular flexibility index (Phi) is 7.52. The van der Waals surface area contributed by atoms with E-state index in [0.29, 0.717) is 0 Å². The van der Waals surface area contributed by atoms with Gasteiger partial charge in [0, 0.05) is 12.3 Å². The lowest BCUT2D eigenvalue weighted by Gasteiger charge is -2.02.